The maximum Gasteiger partial charge on any atom is 0.0179 e. The van der Waals surface area contributed by atoms with E-state index >= 15 is 0 Å². The Kier molecular flexibility index (Phi) is 6.50. The van der Waals surface area contributed by atoms with E-state index in [4.69, 9.17) is 0 Å². The summed E-state index contributed by atoms with van der Waals surface area (Å²) >= 11 is 1.62. The molecule has 0 aliphatic heterocycles. The van der Waals surface area contributed by atoms with Gasteiger partial charge in [0.2, 0.25) is 0 Å². The van der Waals surface area contributed by atoms with Gasteiger partial charge in [0.05, 0.1) is 0 Å². The van der Waals surface area contributed by atoms with Crippen molar-refractivity contribution in [2.24, 2.45) is 0 Å². The van der Waals surface area contributed by atoms with Crippen LogP contribution in [0.15, 0.2) is 23.9 Å². The molecule has 0 radical (unpaired) electrons. The van der Waals surface area contributed by atoms with E-state index in [1.165, 1.54) is 5.70 Å². The predicted octanol–water partition coefficient (Wildman–Crippen LogP) is 2.72. The molecule has 0 aromatic heterocycles. The van der Waals surface area contributed by atoms with Crippen LogP contribution in [0.25, 0.3) is 0 Å². The van der Waals surface area contributed by atoms with Gasteiger partial charge in [0.1, 0.15) is 0 Å². The normalized spacial score (nSPS) is 12.5. The Morgan fingerprint density at radius 2 is 2.30 bits per heavy atom. The summed E-state index contributed by atoms with van der Waals surface area (Å²) in [6.07, 6.45) is 9.38. The minimum absolute atomic E-state index is 1.10. The van der Waals surface area contributed by atoms with Crippen LogP contribution < -0.4 is 4.72 Å². The Bertz CT molecular complexity index is 127. The van der Waals surface area contributed by atoms with Crippen LogP contribution in [0.5, 0.6) is 0 Å². The standard InChI is InChI=1S/C8H15NS/c1-4-5-6-7-8(2)9-10-3/h5-7,9H,4H2,1-3H3/b6-5-,8-7+. The highest BCUT2D eigenvalue weighted by atomic mass is 32.2. The predicted molar refractivity (Wildman–Crippen MR) is 49.8 cm³/mol. The van der Waals surface area contributed by atoms with Crippen LogP contribution in [-0.4, -0.2) is 6.26 Å². The van der Waals surface area contributed by atoms with Crippen LogP contribution in [0.4, 0.5) is 0 Å². The lowest BCUT2D eigenvalue weighted by molar-refractivity contribution is 1.19. The lowest BCUT2D eigenvalue weighted by atomic mass is 10.3. The quantitative estimate of drug-likeness (QED) is 0.497. The maximum atomic E-state index is 3.13. The smallest absolute Gasteiger partial charge is 0.0179 e. The van der Waals surface area contributed by atoms with E-state index in [9.17, 15) is 0 Å². The molecule has 0 aliphatic carbocycles. The van der Waals surface area contributed by atoms with Crippen LogP contribution in [0, 0.1) is 0 Å². The summed E-state index contributed by atoms with van der Waals surface area (Å²) in [5, 5.41) is 0. The van der Waals surface area contributed by atoms with Crippen molar-refractivity contribution in [1.82, 2.24) is 4.72 Å². The first-order valence-corrected chi connectivity index (χ1v) is 4.66. The summed E-state index contributed by atoms with van der Waals surface area (Å²) < 4.78 is 3.13. The minimum atomic E-state index is 1.10. The van der Waals surface area contributed by atoms with Crippen LogP contribution in [0.2, 0.25) is 0 Å². The van der Waals surface area contributed by atoms with Crippen molar-refractivity contribution in [3.8, 4) is 0 Å². The van der Waals surface area contributed by atoms with Crippen molar-refractivity contribution in [1.29, 1.82) is 0 Å². The van der Waals surface area contributed by atoms with Crippen molar-refractivity contribution in [3.63, 3.8) is 0 Å². The highest BCUT2D eigenvalue weighted by molar-refractivity contribution is 7.96. The highest BCUT2D eigenvalue weighted by Crippen LogP contribution is 1.94. The Labute approximate surface area is 67.7 Å². The molecule has 0 rings (SSSR count). The van der Waals surface area contributed by atoms with Crippen molar-refractivity contribution in [2.75, 3.05) is 6.26 Å². The average molecular weight is 157 g/mol. The van der Waals surface area contributed by atoms with Crippen LogP contribution in [0.1, 0.15) is 20.3 Å². The molecule has 0 aromatic rings. The summed E-state index contributed by atoms with van der Waals surface area (Å²) in [6, 6.07) is 0. The fourth-order valence-corrected chi connectivity index (χ4v) is 0.933. The lowest BCUT2D eigenvalue weighted by Crippen LogP contribution is -1.96. The molecule has 0 bridgehead atoms. The van der Waals surface area contributed by atoms with E-state index in [1.807, 2.05) is 6.26 Å². The van der Waals surface area contributed by atoms with Gasteiger partial charge in [0.25, 0.3) is 0 Å². The molecule has 58 valence electrons. The molecule has 0 amide bonds. The Hall–Kier alpha value is -0.370. The maximum absolute atomic E-state index is 3.13. The molecule has 0 atom stereocenters. The first kappa shape index (κ1) is 9.63. The van der Waals surface area contributed by atoms with Gasteiger partial charge in [-0.3, -0.25) is 0 Å². The molecule has 0 aliphatic rings. The molecule has 0 saturated heterocycles. The van der Waals surface area contributed by atoms with Crippen molar-refractivity contribution in [3.05, 3.63) is 23.9 Å². The zero-order valence-electron chi connectivity index (χ0n) is 6.85. The molecule has 2 heteroatoms. The van der Waals surface area contributed by atoms with Gasteiger partial charge in [-0.25, -0.2) is 0 Å². The van der Waals surface area contributed by atoms with E-state index < -0.39 is 0 Å². The monoisotopic (exact) mass is 157 g/mol. The van der Waals surface area contributed by atoms with E-state index in [1.54, 1.807) is 11.9 Å². The molecule has 1 nitrogen and oxygen atoms in total. The third-order valence-electron chi connectivity index (χ3n) is 0.981. The van der Waals surface area contributed by atoms with Crippen LogP contribution in [-0.2, 0) is 0 Å². The first-order chi connectivity index (χ1) is 4.81. The van der Waals surface area contributed by atoms with E-state index in [2.05, 4.69) is 36.8 Å². The average Bonchev–Trinajstić information content (AvgIpc) is 1.89. The SMILES string of the molecule is CC/C=C\C=C(/C)NSC. The molecular weight excluding hydrogens is 142 g/mol. The zero-order valence-corrected chi connectivity index (χ0v) is 7.66. The molecule has 0 spiro atoms. The fourth-order valence-electron chi connectivity index (χ4n) is 0.543. The third kappa shape index (κ3) is 5.76. The van der Waals surface area contributed by atoms with Crippen molar-refractivity contribution >= 4 is 11.9 Å². The summed E-state index contributed by atoms with van der Waals surface area (Å²) in [5.74, 6) is 0. The Balaban J connectivity index is 3.56. The largest absolute Gasteiger partial charge is 0.334 e. The molecule has 0 aromatic carbocycles. The minimum Gasteiger partial charge on any atom is -0.334 e. The van der Waals surface area contributed by atoms with E-state index in [0.717, 1.165) is 6.42 Å². The number of rotatable bonds is 4. The van der Waals surface area contributed by atoms with Crippen molar-refractivity contribution in [2.45, 2.75) is 20.3 Å². The van der Waals surface area contributed by atoms with Crippen molar-refractivity contribution < 1.29 is 0 Å². The number of allylic oxidation sites excluding steroid dienone is 4. The lowest BCUT2D eigenvalue weighted by Gasteiger charge is -1.97. The van der Waals surface area contributed by atoms with Gasteiger partial charge in [-0.05, 0) is 19.4 Å². The zero-order chi connectivity index (χ0) is 7.82. The molecular formula is C8H15NS. The van der Waals surface area contributed by atoms with E-state index in [0.29, 0.717) is 0 Å². The summed E-state index contributed by atoms with van der Waals surface area (Å²) in [4.78, 5) is 0. The molecule has 0 saturated carbocycles. The molecule has 0 fully saturated rings. The summed E-state index contributed by atoms with van der Waals surface area (Å²) in [5.41, 5.74) is 1.19. The second kappa shape index (κ2) is 6.75. The van der Waals surface area contributed by atoms with Crippen LogP contribution >= 0.6 is 11.9 Å². The fraction of sp³-hybridized carbons (Fsp3) is 0.500. The molecule has 10 heavy (non-hydrogen) atoms. The summed E-state index contributed by atoms with van der Waals surface area (Å²) in [6.45, 7) is 4.18. The number of nitrogens with one attached hydrogen (secondary N) is 1. The topological polar surface area (TPSA) is 12.0 Å². The second-order valence-electron chi connectivity index (χ2n) is 1.99. The molecule has 0 heterocycles. The van der Waals surface area contributed by atoms with Gasteiger partial charge in [-0.2, -0.15) is 0 Å². The summed E-state index contributed by atoms with van der Waals surface area (Å²) in [7, 11) is 0. The molecule has 1 N–H and O–H groups in total. The van der Waals surface area contributed by atoms with Gasteiger partial charge in [0.15, 0.2) is 0 Å². The van der Waals surface area contributed by atoms with Gasteiger partial charge < -0.3 is 4.72 Å². The second-order valence-corrected chi connectivity index (χ2v) is 2.60. The van der Waals surface area contributed by atoms with Gasteiger partial charge >= 0.3 is 0 Å². The molecule has 0 unspecified atom stereocenters. The Morgan fingerprint density at radius 3 is 2.80 bits per heavy atom. The van der Waals surface area contributed by atoms with Gasteiger partial charge in [-0.15, -0.1) is 0 Å². The van der Waals surface area contributed by atoms with Gasteiger partial charge in [-0.1, -0.05) is 31.0 Å². The highest BCUT2D eigenvalue weighted by Gasteiger charge is 1.78. The first-order valence-electron chi connectivity index (χ1n) is 3.43. The third-order valence-corrected chi connectivity index (χ3v) is 1.51. The number of hydrogen-bond donors (Lipinski definition) is 1. The number of hydrogen-bond acceptors (Lipinski definition) is 2. The van der Waals surface area contributed by atoms with E-state index in [-0.39, 0.29) is 0 Å². The Morgan fingerprint density at radius 1 is 1.60 bits per heavy atom. The van der Waals surface area contributed by atoms with Gasteiger partial charge in [0, 0.05) is 12.0 Å². The van der Waals surface area contributed by atoms with Crippen LogP contribution in [0.3, 0.4) is 0 Å².